The van der Waals surface area contributed by atoms with E-state index in [-0.39, 0.29) is 12.4 Å². The lowest BCUT2D eigenvalue weighted by molar-refractivity contribution is -0.587. The molecule has 4 N–H and O–H groups in total. The molecule has 8 rings (SSSR count). The van der Waals surface area contributed by atoms with E-state index in [9.17, 15) is 0 Å². The van der Waals surface area contributed by atoms with Gasteiger partial charge >= 0.3 is 0 Å². The van der Waals surface area contributed by atoms with Crippen molar-refractivity contribution in [2.75, 3.05) is 21.4 Å². The van der Waals surface area contributed by atoms with Crippen molar-refractivity contribution < 1.29 is 17.1 Å². The van der Waals surface area contributed by atoms with Gasteiger partial charge in [-0.05, 0) is 60.2 Å². The number of hydrogen-bond acceptors (Lipinski definition) is 5. The first-order valence-corrected chi connectivity index (χ1v) is 16.0. The lowest BCUT2D eigenvalue weighted by Gasteiger charge is -2.24. The van der Waals surface area contributed by atoms with Crippen molar-refractivity contribution in [3.05, 3.63) is 176 Å². The second-order valence-electron chi connectivity index (χ2n) is 11.5. The number of nitrogens with one attached hydrogen (secondary N) is 4. The summed E-state index contributed by atoms with van der Waals surface area (Å²) in [5.74, 6) is 0. The van der Waals surface area contributed by atoms with Crippen LogP contribution in [0, 0.1) is 0 Å². The molecule has 0 saturated carbocycles. The zero-order valence-corrected chi connectivity index (χ0v) is 27.3. The molecule has 0 saturated heterocycles. The van der Waals surface area contributed by atoms with Gasteiger partial charge in [0.2, 0.25) is 0 Å². The fourth-order valence-corrected chi connectivity index (χ4v) is 6.05. The first-order valence-electron chi connectivity index (χ1n) is 16.0. The van der Waals surface area contributed by atoms with Crippen LogP contribution in [0.25, 0.3) is 33.2 Å². The Morgan fingerprint density at radius 1 is 0.408 bits per heavy atom. The number of benzene rings is 7. The molecule has 0 spiro atoms. The number of nitrogens with zero attached hydrogens (tertiary/aromatic N) is 2. The number of hydrogen-bond donors (Lipinski definition) is 4. The normalized spacial score (nSPS) is 10.7. The van der Waals surface area contributed by atoms with Gasteiger partial charge in [0.05, 0.1) is 17.1 Å². The Morgan fingerprint density at radius 3 is 1.39 bits per heavy atom. The van der Waals surface area contributed by atoms with E-state index in [0.717, 1.165) is 73.0 Å². The van der Waals surface area contributed by atoms with Crippen molar-refractivity contribution in [1.82, 2.24) is 4.98 Å². The SMILES string of the molecule is [Cl-].c1ccc(Nc2c(Nc3ccccc3)c(Nc3ccccc3)c3c(nc4ccccc4[n+]3Nc3ccccc3)c2-c2ccccc2)cc1. The molecule has 49 heavy (non-hydrogen) atoms. The molecule has 0 aliphatic rings. The number of para-hydroxylation sites is 6. The third-order valence-corrected chi connectivity index (χ3v) is 8.23. The molecule has 0 fully saturated rings. The van der Waals surface area contributed by atoms with Gasteiger partial charge in [0.1, 0.15) is 11.2 Å². The van der Waals surface area contributed by atoms with Crippen molar-refractivity contribution in [3.8, 4) is 11.1 Å². The highest BCUT2D eigenvalue weighted by molar-refractivity contribution is 6.14. The number of rotatable bonds is 9. The van der Waals surface area contributed by atoms with E-state index in [2.05, 4.69) is 117 Å². The first kappa shape index (κ1) is 31.2. The van der Waals surface area contributed by atoms with E-state index in [0.29, 0.717) is 0 Å². The van der Waals surface area contributed by atoms with E-state index < -0.39 is 0 Å². The maximum absolute atomic E-state index is 5.44. The minimum Gasteiger partial charge on any atom is -1.00 e. The van der Waals surface area contributed by atoms with Crippen molar-refractivity contribution >= 4 is 61.9 Å². The van der Waals surface area contributed by atoms with Gasteiger partial charge in [-0.1, -0.05) is 120 Å². The highest BCUT2D eigenvalue weighted by atomic mass is 35.5. The zero-order chi connectivity index (χ0) is 32.1. The molecule has 0 unspecified atom stereocenters. The van der Waals surface area contributed by atoms with Crippen molar-refractivity contribution in [3.63, 3.8) is 0 Å². The third-order valence-electron chi connectivity index (χ3n) is 8.23. The summed E-state index contributed by atoms with van der Waals surface area (Å²) in [7, 11) is 0. The van der Waals surface area contributed by atoms with Gasteiger partial charge in [0.25, 0.3) is 11.0 Å². The van der Waals surface area contributed by atoms with E-state index in [1.54, 1.807) is 0 Å². The van der Waals surface area contributed by atoms with Crippen LogP contribution in [-0.4, -0.2) is 4.98 Å². The molecule has 0 atom stereocenters. The van der Waals surface area contributed by atoms with Crippen molar-refractivity contribution in [2.45, 2.75) is 0 Å². The quantitative estimate of drug-likeness (QED) is 0.0960. The summed E-state index contributed by atoms with van der Waals surface area (Å²) in [4.78, 5) is 5.44. The van der Waals surface area contributed by atoms with E-state index >= 15 is 0 Å². The molecule has 8 aromatic rings. The van der Waals surface area contributed by atoms with Crippen molar-refractivity contribution in [2.24, 2.45) is 0 Å². The fourth-order valence-electron chi connectivity index (χ4n) is 6.05. The topological polar surface area (TPSA) is 64.9 Å². The lowest BCUT2D eigenvalue weighted by Crippen LogP contribution is -3.00. The summed E-state index contributed by atoms with van der Waals surface area (Å²) in [6.07, 6.45) is 0. The minimum atomic E-state index is 0. The Bertz CT molecular complexity index is 2320. The molecule has 1 aromatic heterocycles. The molecule has 238 valence electrons. The number of fused-ring (bicyclic) bond motifs is 2. The summed E-state index contributed by atoms with van der Waals surface area (Å²) in [6, 6.07) is 59.8. The first-order chi connectivity index (χ1) is 23.8. The van der Waals surface area contributed by atoms with Crippen LogP contribution in [-0.2, 0) is 0 Å². The number of halogens is 1. The Balaban J connectivity index is 0.00000378. The van der Waals surface area contributed by atoms with E-state index in [1.165, 1.54) is 0 Å². The Labute approximate surface area is 291 Å². The summed E-state index contributed by atoms with van der Waals surface area (Å²) >= 11 is 0. The maximum atomic E-state index is 5.44. The molecule has 0 radical (unpaired) electrons. The highest BCUT2D eigenvalue weighted by Gasteiger charge is 2.31. The van der Waals surface area contributed by atoms with Crippen LogP contribution in [0.15, 0.2) is 176 Å². The predicted molar refractivity (Wildman–Crippen MR) is 200 cm³/mol. The Morgan fingerprint density at radius 2 is 0.837 bits per heavy atom. The van der Waals surface area contributed by atoms with Crippen LogP contribution in [0.3, 0.4) is 0 Å². The fraction of sp³-hybridized carbons (Fsp3) is 0. The second-order valence-corrected chi connectivity index (χ2v) is 11.5. The summed E-state index contributed by atoms with van der Waals surface area (Å²) in [5.41, 5.74) is 15.7. The molecule has 1 heterocycles. The van der Waals surface area contributed by atoms with E-state index in [1.807, 2.05) is 84.9 Å². The van der Waals surface area contributed by atoms with Gasteiger partial charge in [-0.2, -0.15) is 5.43 Å². The van der Waals surface area contributed by atoms with Crippen LogP contribution in [0.5, 0.6) is 0 Å². The summed E-state index contributed by atoms with van der Waals surface area (Å²) in [5, 5.41) is 11.5. The zero-order valence-electron chi connectivity index (χ0n) is 26.5. The maximum Gasteiger partial charge on any atom is 0.288 e. The average molecular weight is 657 g/mol. The number of anilines is 7. The van der Waals surface area contributed by atoms with Crippen LogP contribution in [0.4, 0.5) is 39.8 Å². The summed E-state index contributed by atoms with van der Waals surface area (Å²) in [6.45, 7) is 0. The van der Waals surface area contributed by atoms with Gasteiger partial charge < -0.3 is 28.4 Å². The van der Waals surface area contributed by atoms with Crippen LogP contribution < -0.4 is 38.5 Å². The molecule has 6 nitrogen and oxygen atoms in total. The molecular formula is C42H33ClN6. The smallest absolute Gasteiger partial charge is 0.288 e. The number of aromatic nitrogens is 2. The third kappa shape index (κ3) is 6.46. The molecule has 0 amide bonds. The average Bonchev–Trinajstić information content (AvgIpc) is 3.15. The van der Waals surface area contributed by atoms with Gasteiger partial charge in [-0.3, -0.25) is 0 Å². The van der Waals surface area contributed by atoms with E-state index in [4.69, 9.17) is 4.98 Å². The van der Waals surface area contributed by atoms with Gasteiger partial charge in [0.15, 0.2) is 5.52 Å². The predicted octanol–water partition coefficient (Wildman–Crippen LogP) is 7.45. The molecule has 7 heteroatoms. The largest absolute Gasteiger partial charge is 1.00 e. The molecule has 0 bridgehead atoms. The minimum absolute atomic E-state index is 0. The molecular weight excluding hydrogens is 624 g/mol. The van der Waals surface area contributed by atoms with Gasteiger partial charge in [-0.25, -0.2) is 4.98 Å². The van der Waals surface area contributed by atoms with Crippen LogP contribution in [0.2, 0.25) is 0 Å². The lowest BCUT2D eigenvalue weighted by atomic mass is 9.97. The molecule has 0 aliphatic heterocycles. The highest BCUT2D eigenvalue weighted by Crippen LogP contribution is 2.48. The second kappa shape index (κ2) is 14.2. The van der Waals surface area contributed by atoms with Gasteiger partial charge in [0, 0.05) is 28.7 Å². The monoisotopic (exact) mass is 656 g/mol. The van der Waals surface area contributed by atoms with Crippen molar-refractivity contribution in [1.29, 1.82) is 0 Å². The summed E-state index contributed by atoms with van der Waals surface area (Å²) < 4.78 is 2.16. The van der Waals surface area contributed by atoms with Gasteiger partial charge in [-0.15, -0.1) is 0 Å². The van der Waals surface area contributed by atoms with Crippen LogP contribution in [0.1, 0.15) is 0 Å². The molecule has 0 aliphatic carbocycles. The Hall–Kier alpha value is -6.37. The van der Waals surface area contributed by atoms with Crippen LogP contribution >= 0.6 is 0 Å². The standard InChI is InChI=1S/C42H32N6.ClH/c1-6-18-30(19-7-1)37-38(43-31-20-8-2-9-21-31)40(44-32-22-10-3-11-23-32)41(45-33-24-12-4-13-25-33)42-39(37)46-35-28-16-17-29-36(35)48(42)47-34-26-14-5-15-27-34;/h1-29,47H,(H2,43,45,46);1H. The molecule has 7 aromatic carbocycles. The Kier molecular flexibility index (Phi) is 9.04.